The largest absolute Gasteiger partial charge is 0.310 e. The lowest BCUT2D eigenvalue weighted by Crippen LogP contribution is -2.24. The van der Waals surface area contributed by atoms with Crippen LogP contribution in [-0.2, 0) is 16.3 Å². The predicted molar refractivity (Wildman–Crippen MR) is 86.1 cm³/mol. The molecular formula is C15H27N3O2S. The van der Waals surface area contributed by atoms with Crippen molar-refractivity contribution in [2.24, 2.45) is 0 Å². The fourth-order valence-corrected chi connectivity index (χ4v) is 3.27. The third kappa shape index (κ3) is 5.71. The van der Waals surface area contributed by atoms with Crippen molar-refractivity contribution in [1.82, 2.24) is 15.5 Å². The van der Waals surface area contributed by atoms with Crippen molar-refractivity contribution in [3.05, 3.63) is 23.0 Å². The molecule has 0 amide bonds. The summed E-state index contributed by atoms with van der Waals surface area (Å²) in [6.45, 7) is 8.59. The van der Waals surface area contributed by atoms with Crippen LogP contribution in [-0.4, -0.2) is 36.7 Å². The highest BCUT2D eigenvalue weighted by Crippen LogP contribution is 2.22. The highest BCUT2D eigenvalue weighted by molar-refractivity contribution is 7.91. The van der Waals surface area contributed by atoms with Gasteiger partial charge in [-0.05, 0) is 44.4 Å². The van der Waals surface area contributed by atoms with E-state index in [4.69, 9.17) is 0 Å². The first-order valence-electron chi connectivity index (χ1n) is 7.70. The third-order valence-electron chi connectivity index (χ3n) is 3.57. The second kappa shape index (κ2) is 8.44. The van der Waals surface area contributed by atoms with Gasteiger partial charge in [-0.2, -0.15) is 10.2 Å². The van der Waals surface area contributed by atoms with Crippen molar-refractivity contribution in [2.75, 3.05) is 18.1 Å². The van der Waals surface area contributed by atoms with Gasteiger partial charge in [0.15, 0.2) is 0 Å². The quantitative estimate of drug-likeness (QED) is 0.757. The van der Waals surface area contributed by atoms with E-state index in [9.17, 15) is 8.42 Å². The number of rotatable bonds is 9. The number of aromatic nitrogens is 2. The molecule has 0 fully saturated rings. The summed E-state index contributed by atoms with van der Waals surface area (Å²) >= 11 is 0. The molecule has 1 rings (SSSR count). The van der Waals surface area contributed by atoms with Crippen molar-refractivity contribution in [3.8, 4) is 0 Å². The molecule has 0 aliphatic carbocycles. The lowest BCUT2D eigenvalue weighted by Gasteiger charge is -2.20. The Morgan fingerprint density at radius 2 is 1.95 bits per heavy atom. The zero-order valence-corrected chi connectivity index (χ0v) is 14.3. The standard InChI is InChI=1S/C15H27N3O2S/c1-5-14-13(11-12(4)17-18-14)15(16-6-2)9-8-10-21(19,20)7-3/h11,15-16H,5-10H2,1-4H3. The molecule has 1 heterocycles. The van der Waals surface area contributed by atoms with Gasteiger partial charge in [-0.3, -0.25) is 0 Å². The Kier molecular flexibility index (Phi) is 7.25. The van der Waals surface area contributed by atoms with E-state index >= 15 is 0 Å². The van der Waals surface area contributed by atoms with Gasteiger partial charge in [-0.1, -0.05) is 20.8 Å². The van der Waals surface area contributed by atoms with Crippen molar-refractivity contribution in [1.29, 1.82) is 0 Å². The summed E-state index contributed by atoms with van der Waals surface area (Å²) in [5.74, 6) is 0.472. The molecule has 1 aromatic heterocycles. The van der Waals surface area contributed by atoms with Crippen LogP contribution in [0.3, 0.4) is 0 Å². The molecule has 1 atom stereocenters. The number of hydrogen-bond acceptors (Lipinski definition) is 5. The van der Waals surface area contributed by atoms with Gasteiger partial charge in [-0.15, -0.1) is 0 Å². The van der Waals surface area contributed by atoms with Gasteiger partial charge >= 0.3 is 0 Å². The summed E-state index contributed by atoms with van der Waals surface area (Å²) in [5.41, 5.74) is 3.04. The summed E-state index contributed by atoms with van der Waals surface area (Å²) < 4.78 is 23.2. The second-order valence-electron chi connectivity index (χ2n) is 5.23. The molecule has 0 saturated carbocycles. The van der Waals surface area contributed by atoms with Crippen molar-refractivity contribution < 1.29 is 8.42 Å². The zero-order valence-electron chi connectivity index (χ0n) is 13.5. The number of nitrogens with one attached hydrogen (secondary N) is 1. The average Bonchev–Trinajstić information content (AvgIpc) is 2.46. The van der Waals surface area contributed by atoms with Crippen LogP contribution in [0, 0.1) is 6.92 Å². The molecular weight excluding hydrogens is 286 g/mol. The van der Waals surface area contributed by atoms with Crippen LogP contribution < -0.4 is 5.32 Å². The Morgan fingerprint density at radius 1 is 1.24 bits per heavy atom. The summed E-state index contributed by atoms with van der Waals surface area (Å²) in [4.78, 5) is 0. The van der Waals surface area contributed by atoms with E-state index in [1.807, 2.05) is 6.92 Å². The van der Waals surface area contributed by atoms with Crippen LogP contribution in [0.1, 0.15) is 56.6 Å². The lowest BCUT2D eigenvalue weighted by molar-refractivity contribution is 0.499. The lowest BCUT2D eigenvalue weighted by atomic mass is 9.99. The van der Waals surface area contributed by atoms with Gasteiger partial charge in [0.25, 0.3) is 0 Å². The van der Waals surface area contributed by atoms with E-state index in [0.29, 0.717) is 6.42 Å². The van der Waals surface area contributed by atoms with Gasteiger partial charge < -0.3 is 5.32 Å². The Bertz CT molecular complexity index is 544. The SMILES string of the molecule is CCNC(CCCS(=O)(=O)CC)c1cc(C)nnc1CC. The summed E-state index contributed by atoms with van der Waals surface area (Å²) in [7, 11) is -2.89. The number of hydrogen-bond donors (Lipinski definition) is 1. The molecule has 6 heteroatoms. The minimum Gasteiger partial charge on any atom is -0.310 e. The Labute approximate surface area is 128 Å². The maximum Gasteiger partial charge on any atom is 0.150 e. The maximum atomic E-state index is 11.6. The number of aryl methyl sites for hydroxylation is 2. The number of sulfone groups is 1. The van der Waals surface area contributed by atoms with E-state index in [1.165, 1.54) is 0 Å². The predicted octanol–water partition coefficient (Wildman–Crippen LogP) is 2.21. The Morgan fingerprint density at radius 3 is 2.52 bits per heavy atom. The molecule has 1 unspecified atom stereocenters. The Balaban J connectivity index is 2.84. The summed E-state index contributed by atoms with van der Waals surface area (Å²) in [5, 5.41) is 11.8. The molecule has 0 bridgehead atoms. The zero-order chi connectivity index (χ0) is 15.9. The van der Waals surface area contributed by atoms with E-state index in [-0.39, 0.29) is 17.5 Å². The summed E-state index contributed by atoms with van der Waals surface area (Å²) in [6, 6.07) is 2.21. The van der Waals surface area contributed by atoms with Crippen molar-refractivity contribution >= 4 is 9.84 Å². The normalized spacial score (nSPS) is 13.3. The minimum atomic E-state index is -2.89. The van der Waals surface area contributed by atoms with Gasteiger partial charge in [-0.25, -0.2) is 8.42 Å². The van der Waals surface area contributed by atoms with Crippen molar-refractivity contribution in [3.63, 3.8) is 0 Å². The van der Waals surface area contributed by atoms with Crippen LogP contribution in [0.4, 0.5) is 0 Å². The molecule has 0 aliphatic heterocycles. The topological polar surface area (TPSA) is 72.0 Å². The molecule has 0 spiro atoms. The van der Waals surface area contributed by atoms with E-state index in [0.717, 1.165) is 36.3 Å². The van der Waals surface area contributed by atoms with Gasteiger partial charge in [0.1, 0.15) is 9.84 Å². The first-order valence-corrected chi connectivity index (χ1v) is 9.52. The molecule has 0 aliphatic rings. The monoisotopic (exact) mass is 313 g/mol. The molecule has 0 saturated heterocycles. The number of nitrogens with zero attached hydrogens (tertiary/aromatic N) is 2. The molecule has 0 radical (unpaired) electrons. The Hall–Kier alpha value is -1.01. The summed E-state index contributed by atoms with van der Waals surface area (Å²) in [6.07, 6.45) is 2.29. The van der Waals surface area contributed by atoms with Crippen LogP contribution in [0.25, 0.3) is 0 Å². The van der Waals surface area contributed by atoms with Gasteiger partial charge in [0, 0.05) is 11.8 Å². The molecule has 5 nitrogen and oxygen atoms in total. The van der Waals surface area contributed by atoms with Crippen LogP contribution in [0.2, 0.25) is 0 Å². The maximum absolute atomic E-state index is 11.6. The minimum absolute atomic E-state index is 0.145. The molecule has 1 aromatic rings. The fraction of sp³-hybridized carbons (Fsp3) is 0.733. The first kappa shape index (κ1) is 18.0. The molecule has 21 heavy (non-hydrogen) atoms. The first-order chi connectivity index (χ1) is 9.93. The average molecular weight is 313 g/mol. The van der Waals surface area contributed by atoms with Gasteiger partial charge in [0.05, 0.1) is 17.1 Å². The highest BCUT2D eigenvalue weighted by atomic mass is 32.2. The fourth-order valence-electron chi connectivity index (χ4n) is 2.38. The molecule has 120 valence electrons. The second-order valence-corrected chi connectivity index (χ2v) is 7.70. The molecule has 1 N–H and O–H groups in total. The highest BCUT2D eigenvalue weighted by Gasteiger charge is 2.17. The van der Waals surface area contributed by atoms with E-state index in [1.54, 1.807) is 6.92 Å². The smallest absolute Gasteiger partial charge is 0.150 e. The van der Waals surface area contributed by atoms with E-state index < -0.39 is 9.84 Å². The van der Waals surface area contributed by atoms with Crippen LogP contribution in [0.15, 0.2) is 6.07 Å². The van der Waals surface area contributed by atoms with Crippen LogP contribution in [0.5, 0.6) is 0 Å². The van der Waals surface area contributed by atoms with Crippen molar-refractivity contribution in [2.45, 2.75) is 53.0 Å². The molecule has 0 aromatic carbocycles. The van der Waals surface area contributed by atoms with Gasteiger partial charge in [0.2, 0.25) is 0 Å². The third-order valence-corrected chi connectivity index (χ3v) is 5.37. The van der Waals surface area contributed by atoms with E-state index in [2.05, 4.69) is 35.4 Å². The van der Waals surface area contributed by atoms with Crippen LogP contribution >= 0.6 is 0 Å².